The number of amides is 2. The van der Waals surface area contributed by atoms with E-state index in [0.717, 1.165) is 0 Å². The summed E-state index contributed by atoms with van der Waals surface area (Å²) in [6, 6.07) is 5.23. The number of hydrogen-bond acceptors (Lipinski definition) is 4. The van der Waals surface area contributed by atoms with Gasteiger partial charge in [0.25, 0.3) is 5.91 Å². The van der Waals surface area contributed by atoms with Gasteiger partial charge in [0, 0.05) is 31.6 Å². The van der Waals surface area contributed by atoms with Crippen LogP contribution in [0.4, 0.5) is 8.78 Å². The van der Waals surface area contributed by atoms with Crippen molar-refractivity contribution in [1.29, 1.82) is 0 Å². The number of benzene rings is 1. The van der Waals surface area contributed by atoms with Crippen molar-refractivity contribution in [3.63, 3.8) is 0 Å². The number of carboxylic acids is 1. The van der Waals surface area contributed by atoms with Gasteiger partial charge < -0.3 is 19.6 Å². The first kappa shape index (κ1) is 20.6. The van der Waals surface area contributed by atoms with Crippen molar-refractivity contribution in [2.75, 3.05) is 19.6 Å². The molecule has 0 aromatic heterocycles. The average molecular weight is 384 g/mol. The topological polar surface area (TPSA) is 87.2 Å². The number of carbonyl (C=O) groups is 3. The molecular formula is C18H22F2N2O5. The summed E-state index contributed by atoms with van der Waals surface area (Å²) in [5.41, 5.74) is 0.351. The number of hydrogen-bond donors (Lipinski definition) is 1. The molecule has 2 rings (SSSR count). The number of halogens is 2. The lowest BCUT2D eigenvalue weighted by Crippen LogP contribution is -2.43. The van der Waals surface area contributed by atoms with Crippen LogP contribution >= 0.6 is 0 Å². The van der Waals surface area contributed by atoms with Crippen LogP contribution in [0.3, 0.4) is 0 Å². The van der Waals surface area contributed by atoms with E-state index in [1.165, 1.54) is 36.1 Å². The van der Waals surface area contributed by atoms with Crippen LogP contribution in [0.5, 0.6) is 5.75 Å². The minimum absolute atomic E-state index is 0.0248. The molecule has 148 valence electrons. The van der Waals surface area contributed by atoms with Gasteiger partial charge in [0.1, 0.15) is 12.3 Å². The van der Waals surface area contributed by atoms with Crippen LogP contribution < -0.4 is 4.74 Å². The van der Waals surface area contributed by atoms with Crippen molar-refractivity contribution in [1.82, 2.24) is 9.80 Å². The Labute approximate surface area is 155 Å². The lowest BCUT2D eigenvalue weighted by molar-refractivity contribution is -0.145. The number of carbonyl (C=O) groups excluding carboxylic acids is 2. The molecule has 27 heavy (non-hydrogen) atoms. The zero-order valence-electron chi connectivity index (χ0n) is 14.9. The Morgan fingerprint density at radius 2 is 1.89 bits per heavy atom. The molecule has 1 saturated heterocycles. The van der Waals surface area contributed by atoms with Crippen molar-refractivity contribution in [3.8, 4) is 5.75 Å². The minimum atomic E-state index is -2.93. The molecule has 1 N–H and O–H groups in total. The number of ether oxygens (including phenoxy) is 1. The molecule has 7 nitrogen and oxygen atoms in total. The summed E-state index contributed by atoms with van der Waals surface area (Å²) in [6.45, 7) is -1.10. The molecule has 1 aromatic rings. The summed E-state index contributed by atoms with van der Waals surface area (Å²) < 4.78 is 28.6. The summed E-state index contributed by atoms with van der Waals surface area (Å²) >= 11 is 0. The second-order valence-corrected chi connectivity index (χ2v) is 6.32. The third kappa shape index (κ3) is 5.90. The maximum Gasteiger partial charge on any atom is 0.387 e. The molecule has 0 saturated carbocycles. The van der Waals surface area contributed by atoms with Crippen molar-refractivity contribution >= 4 is 17.8 Å². The molecule has 1 fully saturated rings. The maximum absolute atomic E-state index is 12.6. The molecule has 2 amide bonds. The Balaban J connectivity index is 2.01. The van der Waals surface area contributed by atoms with E-state index in [9.17, 15) is 23.2 Å². The molecule has 1 atom stereocenters. The molecule has 0 aliphatic carbocycles. The summed E-state index contributed by atoms with van der Waals surface area (Å²) in [5, 5.41) is 8.98. The second kappa shape index (κ2) is 9.29. The Hall–Kier alpha value is -2.71. The van der Waals surface area contributed by atoms with Crippen LogP contribution in [0, 0.1) is 0 Å². The van der Waals surface area contributed by atoms with Gasteiger partial charge in [0.05, 0.1) is 0 Å². The van der Waals surface area contributed by atoms with Crippen molar-refractivity contribution in [2.24, 2.45) is 0 Å². The predicted molar refractivity (Wildman–Crippen MR) is 91.6 cm³/mol. The van der Waals surface area contributed by atoms with E-state index >= 15 is 0 Å². The van der Waals surface area contributed by atoms with Gasteiger partial charge in [-0.2, -0.15) is 8.78 Å². The highest BCUT2D eigenvalue weighted by Gasteiger charge is 2.27. The fourth-order valence-corrected chi connectivity index (χ4v) is 3.20. The molecule has 9 heteroatoms. The fourth-order valence-electron chi connectivity index (χ4n) is 3.20. The molecule has 1 unspecified atom stereocenters. The van der Waals surface area contributed by atoms with E-state index in [2.05, 4.69) is 4.74 Å². The zero-order chi connectivity index (χ0) is 20.0. The third-order valence-electron chi connectivity index (χ3n) is 4.46. The van der Waals surface area contributed by atoms with Crippen LogP contribution in [-0.4, -0.2) is 65.0 Å². The van der Waals surface area contributed by atoms with E-state index in [1.807, 2.05) is 0 Å². The summed E-state index contributed by atoms with van der Waals surface area (Å²) in [4.78, 5) is 38.3. The van der Waals surface area contributed by atoms with Gasteiger partial charge in [-0.25, -0.2) is 0 Å². The fraction of sp³-hybridized carbons (Fsp3) is 0.500. The average Bonchev–Trinajstić information content (AvgIpc) is 2.85. The first-order valence-electron chi connectivity index (χ1n) is 8.61. The lowest BCUT2D eigenvalue weighted by atomic mass is 10.1. The Kier molecular flexibility index (Phi) is 7.09. The highest BCUT2D eigenvalue weighted by molar-refractivity contribution is 5.94. The van der Waals surface area contributed by atoms with E-state index in [-0.39, 0.29) is 30.2 Å². The Morgan fingerprint density at radius 1 is 1.22 bits per heavy atom. The van der Waals surface area contributed by atoms with Gasteiger partial charge in [-0.05, 0) is 43.5 Å². The van der Waals surface area contributed by atoms with Gasteiger partial charge in [0.15, 0.2) is 0 Å². The number of aliphatic carboxylic acids is 1. The first-order valence-corrected chi connectivity index (χ1v) is 8.61. The largest absolute Gasteiger partial charge is 0.480 e. The Morgan fingerprint density at radius 3 is 2.44 bits per heavy atom. The molecule has 0 radical (unpaired) electrons. The van der Waals surface area contributed by atoms with Gasteiger partial charge in [-0.1, -0.05) is 0 Å². The second-order valence-electron chi connectivity index (χ2n) is 6.32. The summed E-state index contributed by atoms with van der Waals surface area (Å²) in [5.74, 6) is -1.65. The van der Waals surface area contributed by atoms with E-state index in [4.69, 9.17) is 5.11 Å². The quantitative estimate of drug-likeness (QED) is 0.813. The highest BCUT2D eigenvalue weighted by Crippen LogP contribution is 2.20. The number of carboxylic acid groups (broad SMARTS) is 1. The molecule has 0 bridgehead atoms. The molecule has 1 aliphatic rings. The first-order chi connectivity index (χ1) is 12.8. The SMILES string of the molecule is CC(=O)N(CC(=O)O)C1CCCN(C(=O)c2ccc(OC(F)F)cc2)CC1. The van der Waals surface area contributed by atoms with Gasteiger partial charge in [-0.3, -0.25) is 14.4 Å². The smallest absolute Gasteiger partial charge is 0.387 e. The minimum Gasteiger partial charge on any atom is -0.480 e. The van der Waals surface area contributed by atoms with Crippen LogP contribution in [0.25, 0.3) is 0 Å². The van der Waals surface area contributed by atoms with Gasteiger partial charge in [0.2, 0.25) is 5.91 Å². The Bertz CT molecular complexity index is 681. The van der Waals surface area contributed by atoms with Crippen LogP contribution in [0.2, 0.25) is 0 Å². The van der Waals surface area contributed by atoms with Gasteiger partial charge >= 0.3 is 12.6 Å². The predicted octanol–water partition coefficient (Wildman–Crippen LogP) is 2.22. The lowest BCUT2D eigenvalue weighted by Gasteiger charge is -2.28. The standard InChI is InChI=1S/C18H22F2N2O5/c1-12(23)22(11-16(24)25)14-3-2-9-21(10-8-14)17(26)13-4-6-15(7-5-13)27-18(19)20/h4-7,14,18H,2-3,8-11H2,1H3,(H,24,25). The number of rotatable bonds is 6. The van der Waals surface area contributed by atoms with Crippen LogP contribution in [0.15, 0.2) is 24.3 Å². The normalized spacial score (nSPS) is 17.3. The number of likely N-dealkylation sites (tertiary alicyclic amines) is 1. The van der Waals surface area contributed by atoms with E-state index in [0.29, 0.717) is 37.9 Å². The maximum atomic E-state index is 12.6. The van der Waals surface area contributed by atoms with Crippen molar-refractivity contribution < 1.29 is 33.0 Å². The monoisotopic (exact) mass is 384 g/mol. The van der Waals surface area contributed by atoms with Crippen molar-refractivity contribution in [2.45, 2.75) is 38.8 Å². The highest BCUT2D eigenvalue weighted by atomic mass is 19.3. The number of nitrogens with zero attached hydrogens (tertiary/aromatic N) is 2. The summed E-state index contributed by atoms with van der Waals surface area (Å²) in [6.07, 6.45) is 1.72. The number of alkyl halides is 2. The molecule has 1 aliphatic heterocycles. The molecular weight excluding hydrogens is 362 g/mol. The van der Waals surface area contributed by atoms with Gasteiger partial charge in [-0.15, -0.1) is 0 Å². The van der Waals surface area contributed by atoms with E-state index in [1.54, 1.807) is 4.90 Å². The third-order valence-corrected chi connectivity index (χ3v) is 4.46. The van der Waals surface area contributed by atoms with E-state index < -0.39 is 12.6 Å². The summed E-state index contributed by atoms with van der Waals surface area (Å²) in [7, 11) is 0. The molecule has 1 heterocycles. The van der Waals surface area contributed by atoms with Crippen molar-refractivity contribution in [3.05, 3.63) is 29.8 Å². The van der Waals surface area contributed by atoms with Crippen LogP contribution in [-0.2, 0) is 9.59 Å². The molecule has 1 aromatic carbocycles. The molecule has 0 spiro atoms. The zero-order valence-corrected chi connectivity index (χ0v) is 14.9. The van der Waals surface area contributed by atoms with Crippen LogP contribution in [0.1, 0.15) is 36.5 Å².